The predicted molar refractivity (Wildman–Crippen MR) is 173 cm³/mol. The minimum Gasteiger partial charge on any atom is -0.493 e. The summed E-state index contributed by atoms with van der Waals surface area (Å²) >= 11 is 0. The smallest absolute Gasteiger partial charge is 0.231 e. The summed E-state index contributed by atoms with van der Waals surface area (Å²) in [5.41, 5.74) is 1.64. The van der Waals surface area contributed by atoms with E-state index in [1.165, 1.54) is 56.9 Å². The fraction of sp³-hybridized carbons (Fsp3) is 0.639. The Hall–Kier alpha value is -3.27. The van der Waals surface area contributed by atoms with E-state index in [0.717, 1.165) is 68.4 Å². The number of azo groups is 1. The van der Waals surface area contributed by atoms with Gasteiger partial charge in [0, 0.05) is 7.05 Å². The van der Waals surface area contributed by atoms with E-state index in [2.05, 4.69) is 35.4 Å². The second-order valence-electron chi connectivity index (χ2n) is 11.8. The molecule has 1 heterocycles. The molecular weight excluding hydrogens is 538 g/mol. The van der Waals surface area contributed by atoms with Gasteiger partial charge in [-0.2, -0.15) is 15.5 Å². The molecule has 0 fully saturated rings. The molecular formula is C36H53N3O4. The van der Waals surface area contributed by atoms with Crippen LogP contribution in [0.1, 0.15) is 114 Å². The lowest BCUT2D eigenvalue weighted by atomic mass is 9.73. The number of hydrogen-bond acceptors (Lipinski definition) is 7. The third kappa shape index (κ3) is 10.7. The first-order chi connectivity index (χ1) is 21.1. The van der Waals surface area contributed by atoms with E-state index < -0.39 is 5.41 Å². The molecule has 0 saturated carbocycles. The van der Waals surface area contributed by atoms with Crippen LogP contribution in [0.15, 0.2) is 46.6 Å². The maximum absolute atomic E-state index is 10.7. The van der Waals surface area contributed by atoms with Crippen molar-refractivity contribution in [2.75, 3.05) is 28.1 Å². The molecule has 7 heteroatoms. The van der Waals surface area contributed by atoms with Crippen LogP contribution in [-0.2, 0) is 11.8 Å². The molecule has 3 rings (SSSR count). The van der Waals surface area contributed by atoms with Crippen molar-refractivity contribution in [2.24, 2.45) is 10.2 Å². The summed E-state index contributed by atoms with van der Waals surface area (Å²) in [4.78, 5) is 0. The topological polar surface area (TPSA) is 85.4 Å². The second-order valence-corrected chi connectivity index (χ2v) is 11.8. The molecule has 0 bridgehead atoms. The van der Waals surface area contributed by atoms with Gasteiger partial charge in [0.05, 0.1) is 31.7 Å². The number of hydrogen-bond donors (Lipinski definition) is 0. The Bertz CT molecular complexity index is 1160. The first-order valence-electron chi connectivity index (χ1n) is 16.4. The van der Waals surface area contributed by atoms with Gasteiger partial charge in [0.15, 0.2) is 23.0 Å². The summed E-state index contributed by atoms with van der Waals surface area (Å²) in [5.74, 6) is 2.97. The van der Waals surface area contributed by atoms with E-state index in [1.54, 1.807) is 21.3 Å². The molecule has 0 N–H and O–H groups in total. The number of rotatable bonds is 22. The van der Waals surface area contributed by atoms with E-state index in [1.807, 2.05) is 24.3 Å². The molecule has 2 atom stereocenters. The molecule has 0 aliphatic carbocycles. The Morgan fingerprint density at radius 2 is 1.49 bits per heavy atom. The molecule has 7 nitrogen and oxygen atoms in total. The van der Waals surface area contributed by atoms with Crippen LogP contribution < -0.4 is 18.9 Å². The molecule has 0 amide bonds. The van der Waals surface area contributed by atoms with Crippen LogP contribution in [-0.4, -0.2) is 34.1 Å². The van der Waals surface area contributed by atoms with Gasteiger partial charge >= 0.3 is 0 Å². The Balaban J connectivity index is 1.60. The summed E-state index contributed by atoms with van der Waals surface area (Å²) in [6.07, 6.45) is 17.9. The number of nitriles is 1. The van der Waals surface area contributed by atoms with Crippen LogP contribution >= 0.6 is 0 Å². The van der Waals surface area contributed by atoms with Crippen LogP contribution in [0.4, 0.5) is 0 Å². The van der Waals surface area contributed by atoms with Crippen molar-refractivity contribution in [3.05, 3.63) is 47.5 Å². The van der Waals surface area contributed by atoms with Crippen LogP contribution in [0.3, 0.4) is 0 Å². The van der Waals surface area contributed by atoms with Crippen molar-refractivity contribution in [2.45, 2.75) is 121 Å². The summed E-state index contributed by atoms with van der Waals surface area (Å²) in [5, 5.41) is 19.4. The molecule has 0 saturated heterocycles. The van der Waals surface area contributed by atoms with Gasteiger partial charge in [0.1, 0.15) is 0 Å². The molecule has 43 heavy (non-hydrogen) atoms. The average molecular weight is 592 g/mol. The van der Waals surface area contributed by atoms with E-state index in [0.29, 0.717) is 11.5 Å². The van der Waals surface area contributed by atoms with Crippen molar-refractivity contribution in [3.8, 4) is 29.1 Å². The van der Waals surface area contributed by atoms with Gasteiger partial charge in [0.25, 0.3) is 0 Å². The minimum atomic E-state index is -0.578. The fourth-order valence-corrected chi connectivity index (χ4v) is 6.13. The molecule has 0 spiro atoms. The summed E-state index contributed by atoms with van der Waals surface area (Å²) in [7, 11) is 5.03. The third-order valence-electron chi connectivity index (χ3n) is 8.73. The van der Waals surface area contributed by atoms with Crippen LogP contribution in [0.2, 0.25) is 0 Å². The zero-order valence-corrected chi connectivity index (χ0v) is 27.0. The summed E-state index contributed by atoms with van der Waals surface area (Å²) < 4.78 is 22.1. The number of unbranched alkanes of at least 4 members (excludes halogenated alkanes) is 9. The van der Waals surface area contributed by atoms with Gasteiger partial charge in [-0.25, -0.2) is 0 Å². The lowest BCUT2D eigenvalue weighted by Crippen LogP contribution is -2.25. The molecule has 2 aromatic rings. The highest BCUT2D eigenvalue weighted by Gasteiger charge is 2.33. The zero-order valence-electron chi connectivity index (χ0n) is 27.0. The van der Waals surface area contributed by atoms with E-state index in [-0.39, 0.29) is 12.8 Å². The molecule has 1 aliphatic rings. The Labute approximate surface area is 260 Å². The highest BCUT2D eigenvalue weighted by Crippen LogP contribution is 2.40. The Kier molecular flexibility index (Phi) is 15.2. The maximum atomic E-state index is 10.7. The number of aryl methyl sites for hydroxylation is 1. The number of ether oxygens (including phenoxy) is 4. The Morgan fingerprint density at radius 3 is 2.16 bits per heavy atom. The number of fused-ring (bicyclic) bond motifs is 1. The highest BCUT2D eigenvalue weighted by molar-refractivity contribution is 5.47. The molecule has 236 valence electrons. The lowest BCUT2D eigenvalue weighted by molar-refractivity contribution is 0.174. The predicted octanol–water partition coefficient (Wildman–Crippen LogP) is 9.76. The van der Waals surface area contributed by atoms with Gasteiger partial charge in [-0.05, 0) is 73.9 Å². The first-order valence-corrected chi connectivity index (χ1v) is 16.4. The minimum absolute atomic E-state index is 0.106. The van der Waals surface area contributed by atoms with Gasteiger partial charge < -0.3 is 18.9 Å². The number of methoxy groups -OCH3 is 2. The van der Waals surface area contributed by atoms with Crippen LogP contribution in [0.5, 0.6) is 23.0 Å². The van der Waals surface area contributed by atoms with Crippen molar-refractivity contribution in [3.63, 3.8) is 0 Å². The summed E-state index contributed by atoms with van der Waals surface area (Å²) in [6.45, 7) is 2.55. The van der Waals surface area contributed by atoms with Crippen molar-refractivity contribution >= 4 is 0 Å². The largest absolute Gasteiger partial charge is 0.493 e. The van der Waals surface area contributed by atoms with Gasteiger partial charge in [-0.3, -0.25) is 0 Å². The lowest BCUT2D eigenvalue weighted by Gasteiger charge is -2.28. The number of benzene rings is 2. The van der Waals surface area contributed by atoms with Gasteiger partial charge in [-0.15, -0.1) is 0 Å². The van der Waals surface area contributed by atoms with Gasteiger partial charge in [0.2, 0.25) is 6.79 Å². The van der Waals surface area contributed by atoms with Crippen LogP contribution in [0, 0.1) is 11.3 Å². The van der Waals surface area contributed by atoms with Gasteiger partial charge in [-0.1, -0.05) is 83.3 Å². The summed E-state index contributed by atoms with van der Waals surface area (Å²) in [6, 6.07) is 15.0. The molecule has 2 unspecified atom stereocenters. The molecule has 1 aliphatic heterocycles. The number of nitrogens with zero attached hydrogens (tertiary/aromatic N) is 3. The molecule has 2 aromatic carbocycles. The SMILES string of the molecule is CCCCCCCCCCCCC(C#N)(CCCC(CCc1ccc2c(c1)OCO2)/N=N/C)c1ccc(OC)c(OC)c1. The van der Waals surface area contributed by atoms with Crippen LogP contribution in [0.25, 0.3) is 0 Å². The average Bonchev–Trinajstić information content (AvgIpc) is 3.51. The maximum Gasteiger partial charge on any atom is 0.231 e. The normalized spacial score (nSPS) is 14.4. The molecule has 0 aromatic heterocycles. The third-order valence-corrected chi connectivity index (χ3v) is 8.73. The Morgan fingerprint density at radius 1 is 0.814 bits per heavy atom. The van der Waals surface area contributed by atoms with Crippen molar-refractivity contribution in [1.82, 2.24) is 0 Å². The standard InChI is InChI=1S/C36H53N3O4/c1-5-6-7-8-9-10-11-12-13-14-23-36(27-37,30-19-22-32(40-3)34(26-30)41-4)24-15-16-31(39-38-2)20-17-29-18-21-33-35(25-29)43-28-42-33/h18-19,21-22,25-26,31H,5-17,20,23-24,28H2,1-4H3/b39-38+. The second kappa shape index (κ2) is 19.1. The van der Waals surface area contributed by atoms with E-state index in [4.69, 9.17) is 18.9 Å². The highest BCUT2D eigenvalue weighted by atomic mass is 16.7. The van der Waals surface area contributed by atoms with E-state index in [9.17, 15) is 5.26 Å². The quantitative estimate of drug-likeness (QED) is 0.100. The van der Waals surface area contributed by atoms with Crippen molar-refractivity contribution < 1.29 is 18.9 Å². The monoisotopic (exact) mass is 591 g/mol. The zero-order chi connectivity index (χ0) is 30.8. The first kappa shape index (κ1) is 34.2. The fourth-order valence-electron chi connectivity index (χ4n) is 6.13. The van der Waals surface area contributed by atoms with E-state index >= 15 is 0 Å². The van der Waals surface area contributed by atoms with Crippen molar-refractivity contribution in [1.29, 1.82) is 5.26 Å². The molecule has 0 radical (unpaired) electrons.